The van der Waals surface area contributed by atoms with Crippen molar-refractivity contribution in [3.63, 3.8) is 0 Å². The summed E-state index contributed by atoms with van der Waals surface area (Å²) in [6, 6.07) is 3.51. The predicted molar refractivity (Wildman–Crippen MR) is 69.4 cm³/mol. The first kappa shape index (κ1) is 14.2. The van der Waals surface area contributed by atoms with Gasteiger partial charge in [0, 0.05) is 26.2 Å². The first-order valence-corrected chi connectivity index (χ1v) is 6.11. The molecule has 6 heteroatoms. The van der Waals surface area contributed by atoms with Gasteiger partial charge in [-0.1, -0.05) is 6.07 Å². The van der Waals surface area contributed by atoms with E-state index in [4.69, 9.17) is 0 Å². The number of nitrogens with one attached hydrogen (secondary N) is 1. The largest absolute Gasteiger partial charge is 0.338 e. The van der Waals surface area contributed by atoms with Gasteiger partial charge in [0.1, 0.15) is 17.2 Å². The maximum Gasteiger partial charge on any atom is 0.259 e. The highest BCUT2D eigenvalue weighted by Crippen LogP contribution is 2.28. The molecule has 19 heavy (non-hydrogen) atoms. The first-order chi connectivity index (χ1) is 8.66. The van der Waals surface area contributed by atoms with E-state index >= 15 is 0 Å². The third-order valence-corrected chi connectivity index (χ3v) is 3.85. The van der Waals surface area contributed by atoms with Gasteiger partial charge >= 0.3 is 0 Å². The molecular formula is C13H15ClF2N2O. The van der Waals surface area contributed by atoms with Crippen LogP contribution in [0, 0.1) is 23.5 Å². The summed E-state index contributed by atoms with van der Waals surface area (Å²) in [6.45, 7) is 2.94. The van der Waals surface area contributed by atoms with Crippen molar-refractivity contribution in [3.8, 4) is 0 Å². The minimum atomic E-state index is -0.782. The molecule has 2 fully saturated rings. The lowest BCUT2D eigenvalue weighted by Gasteiger charge is -2.18. The summed E-state index contributed by atoms with van der Waals surface area (Å²) < 4.78 is 27.1. The van der Waals surface area contributed by atoms with E-state index in [2.05, 4.69) is 5.32 Å². The van der Waals surface area contributed by atoms with Crippen molar-refractivity contribution in [2.24, 2.45) is 11.8 Å². The maximum atomic E-state index is 13.5. The summed E-state index contributed by atoms with van der Waals surface area (Å²) in [5, 5.41) is 3.26. The Kier molecular flexibility index (Phi) is 4.06. The number of likely N-dealkylation sites (tertiary alicyclic amines) is 1. The lowest BCUT2D eigenvalue weighted by Crippen LogP contribution is -2.33. The molecule has 0 saturated carbocycles. The molecular weight excluding hydrogens is 274 g/mol. The molecule has 1 N–H and O–H groups in total. The predicted octanol–water partition coefficient (Wildman–Crippen LogP) is 1.68. The Labute approximate surface area is 116 Å². The zero-order valence-electron chi connectivity index (χ0n) is 10.2. The van der Waals surface area contributed by atoms with Crippen LogP contribution in [0.4, 0.5) is 8.78 Å². The van der Waals surface area contributed by atoms with Gasteiger partial charge in [-0.2, -0.15) is 0 Å². The standard InChI is InChI=1S/C13H14F2N2O.ClH/c14-10-2-1-3-11(15)12(10)13(18)17-6-8-4-16-5-9(8)7-17;/h1-3,8-9,16H,4-7H2;1H/t8-,9+;. The highest BCUT2D eigenvalue weighted by Gasteiger charge is 2.39. The molecule has 104 valence electrons. The van der Waals surface area contributed by atoms with Gasteiger partial charge in [0.15, 0.2) is 0 Å². The third-order valence-electron chi connectivity index (χ3n) is 3.85. The van der Waals surface area contributed by atoms with Gasteiger partial charge < -0.3 is 10.2 Å². The minimum absolute atomic E-state index is 0. The van der Waals surface area contributed by atoms with Crippen LogP contribution in [0.15, 0.2) is 18.2 Å². The number of rotatable bonds is 1. The fourth-order valence-electron chi connectivity index (χ4n) is 2.88. The normalized spacial score (nSPS) is 25.1. The van der Waals surface area contributed by atoms with Crippen LogP contribution in [0.5, 0.6) is 0 Å². The van der Waals surface area contributed by atoms with Crippen LogP contribution in [0.25, 0.3) is 0 Å². The van der Waals surface area contributed by atoms with Crippen molar-refractivity contribution in [3.05, 3.63) is 35.4 Å². The third kappa shape index (κ3) is 2.44. The van der Waals surface area contributed by atoms with Crippen LogP contribution < -0.4 is 5.32 Å². The fourth-order valence-corrected chi connectivity index (χ4v) is 2.88. The Balaban J connectivity index is 0.00000133. The zero-order valence-corrected chi connectivity index (χ0v) is 11.1. The van der Waals surface area contributed by atoms with Gasteiger partial charge in [-0.05, 0) is 24.0 Å². The molecule has 1 amide bonds. The van der Waals surface area contributed by atoms with Crippen LogP contribution in [-0.4, -0.2) is 37.0 Å². The first-order valence-electron chi connectivity index (χ1n) is 6.11. The summed E-state index contributed by atoms with van der Waals surface area (Å²) in [4.78, 5) is 13.7. The summed E-state index contributed by atoms with van der Waals surface area (Å²) in [7, 11) is 0. The van der Waals surface area contributed by atoms with Crippen molar-refractivity contribution in [2.75, 3.05) is 26.2 Å². The summed E-state index contributed by atoms with van der Waals surface area (Å²) in [6.07, 6.45) is 0. The second-order valence-electron chi connectivity index (χ2n) is 4.99. The van der Waals surface area contributed by atoms with E-state index in [1.807, 2.05) is 0 Å². The fraction of sp³-hybridized carbons (Fsp3) is 0.462. The molecule has 2 aliphatic heterocycles. The van der Waals surface area contributed by atoms with Crippen molar-refractivity contribution in [1.29, 1.82) is 0 Å². The molecule has 3 rings (SSSR count). The van der Waals surface area contributed by atoms with Crippen molar-refractivity contribution >= 4 is 18.3 Å². The number of benzene rings is 1. The second-order valence-corrected chi connectivity index (χ2v) is 4.99. The SMILES string of the molecule is Cl.O=C(c1c(F)cccc1F)N1C[C@H]2CNC[C@H]2C1. The van der Waals surface area contributed by atoms with E-state index in [0.717, 1.165) is 25.2 Å². The summed E-state index contributed by atoms with van der Waals surface area (Å²) in [5.41, 5.74) is -0.426. The topological polar surface area (TPSA) is 32.3 Å². The maximum absolute atomic E-state index is 13.5. The van der Waals surface area contributed by atoms with Gasteiger partial charge in [-0.15, -0.1) is 12.4 Å². The Morgan fingerprint density at radius 2 is 1.68 bits per heavy atom. The van der Waals surface area contributed by atoms with Gasteiger partial charge in [-0.3, -0.25) is 4.79 Å². The number of carbonyl (C=O) groups is 1. The molecule has 3 nitrogen and oxygen atoms in total. The Bertz CT molecular complexity index is 465. The van der Waals surface area contributed by atoms with E-state index in [9.17, 15) is 13.6 Å². The van der Waals surface area contributed by atoms with E-state index in [1.165, 1.54) is 6.07 Å². The van der Waals surface area contributed by atoms with Gasteiger partial charge in [0.2, 0.25) is 0 Å². The van der Waals surface area contributed by atoms with E-state index in [1.54, 1.807) is 4.90 Å². The minimum Gasteiger partial charge on any atom is -0.338 e. The van der Waals surface area contributed by atoms with Crippen molar-refractivity contribution < 1.29 is 13.6 Å². The molecule has 1 aromatic rings. The Morgan fingerprint density at radius 3 is 2.21 bits per heavy atom. The smallest absolute Gasteiger partial charge is 0.259 e. The molecule has 2 heterocycles. The second kappa shape index (κ2) is 5.43. The van der Waals surface area contributed by atoms with Gasteiger partial charge in [-0.25, -0.2) is 8.78 Å². The van der Waals surface area contributed by atoms with Crippen LogP contribution in [0.3, 0.4) is 0 Å². The number of halogens is 3. The van der Waals surface area contributed by atoms with E-state index in [-0.39, 0.29) is 12.4 Å². The van der Waals surface area contributed by atoms with Crippen LogP contribution >= 0.6 is 12.4 Å². The quantitative estimate of drug-likeness (QED) is 0.853. The highest BCUT2D eigenvalue weighted by molar-refractivity contribution is 5.95. The lowest BCUT2D eigenvalue weighted by atomic mass is 10.0. The van der Waals surface area contributed by atoms with Gasteiger partial charge in [0.25, 0.3) is 5.91 Å². The molecule has 2 aliphatic rings. The number of fused-ring (bicyclic) bond motifs is 1. The molecule has 1 aromatic carbocycles. The molecule has 2 atom stereocenters. The molecule has 0 aromatic heterocycles. The number of carbonyl (C=O) groups excluding carboxylic acids is 1. The molecule has 0 radical (unpaired) electrons. The number of amides is 1. The molecule has 2 saturated heterocycles. The Hall–Kier alpha value is -1.20. The molecule has 0 spiro atoms. The number of hydrogen-bond donors (Lipinski definition) is 1. The highest BCUT2D eigenvalue weighted by atomic mass is 35.5. The average molecular weight is 289 g/mol. The lowest BCUT2D eigenvalue weighted by molar-refractivity contribution is 0.0772. The monoisotopic (exact) mass is 288 g/mol. The Morgan fingerprint density at radius 1 is 1.16 bits per heavy atom. The van der Waals surface area contributed by atoms with Crippen molar-refractivity contribution in [1.82, 2.24) is 10.2 Å². The summed E-state index contributed by atoms with van der Waals surface area (Å²) in [5.74, 6) is -1.25. The number of hydrogen-bond acceptors (Lipinski definition) is 2. The van der Waals surface area contributed by atoms with Gasteiger partial charge in [0.05, 0.1) is 0 Å². The zero-order chi connectivity index (χ0) is 12.7. The van der Waals surface area contributed by atoms with Crippen LogP contribution in [-0.2, 0) is 0 Å². The average Bonchev–Trinajstić information content (AvgIpc) is 2.88. The van der Waals surface area contributed by atoms with E-state index in [0.29, 0.717) is 24.9 Å². The van der Waals surface area contributed by atoms with Crippen LogP contribution in [0.2, 0.25) is 0 Å². The van der Waals surface area contributed by atoms with Crippen molar-refractivity contribution in [2.45, 2.75) is 0 Å². The van der Waals surface area contributed by atoms with E-state index < -0.39 is 23.1 Å². The van der Waals surface area contributed by atoms with Crippen LogP contribution in [0.1, 0.15) is 10.4 Å². The molecule has 0 unspecified atom stereocenters. The number of nitrogens with zero attached hydrogens (tertiary/aromatic N) is 1. The molecule has 0 bridgehead atoms. The summed E-state index contributed by atoms with van der Waals surface area (Å²) >= 11 is 0. The molecule has 0 aliphatic carbocycles.